The lowest BCUT2D eigenvalue weighted by molar-refractivity contribution is 0.606. The number of halogens is 1. The molecule has 0 unspecified atom stereocenters. The molecule has 0 aliphatic carbocycles. The molecule has 0 aromatic carbocycles. The van der Waals surface area contributed by atoms with Gasteiger partial charge in [-0.25, -0.2) is 13.4 Å². The molecule has 15 heavy (non-hydrogen) atoms. The molecule has 0 amide bonds. The highest BCUT2D eigenvalue weighted by atomic mass is 35.7. The molecule has 2 aromatic rings. The molecule has 0 bridgehead atoms. The van der Waals surface area contributed by atoms with Gasteiger partial charge in [-0.2, -0.15) is 0 Å². The van der Waals surface area contributed by atoms with Crippen LogP contribution in [0.15, 0.2) is 21.3 Å². The Labute approximate surface area is 93.4 Å². The first-order valence-corrected chi connectivity index (χ1v) is 7.01. The highest BCUT2D eigenvalue weighted by Crippen LogP contribution is 2.16. The summed E-state index contributed by atoms with van der Waals surface area (Å²) >= 11 is 1.25. The van der Waals surface area contributed by atoms with E-state index < -0.39 is 19.5 Å². The van der Waals surface area contributed by atoms with E-state index in [9.17, 15) is 13.2 Å². The van der Waals surface area contributed by atoms with Crippen molar-refractivity contribution in [2.45, 2.75) is 11.8 Å². The number of aromatic nitrogens is 2. The molecule has 0 atom stereocenters. The average Bonchev–Trinajstić information content (AvgIpc) is 2.48. The van der Waals surface area contributed by atoms with Crippen molar-refractivity contribution < 1.29 is 8.42 Å². The lowest BCUT2D eigenvalue weighted by Gasteiger charge is -2.00. The Kier molecular flexibility index (Phi) is 2.32. The summed E-state index contributed by atoms with van der Waals surface area (Å²) in [5.74, 6) is 0. The van der Waals surface area contributed by atoms with Crippen LogP contribution in [-0.2, 0) is 9.05 Å². The predicted molar refractivity (Wildman–Crippen MR) is 57.1 cm³/mol. The average molecular weight is 265 g/mol. The quantitative estimate of drug-likeness (QED) is 0.721. The summed E-state index contributed by atoms with van der Waals surface area (Å²) in [6.07, 6.45) is 1.46. The van der Waals surface area contributed by atoms with Crippen molar-refractivity contribution in [2.75, 3.05) is 0 Å². The molecule has 0 saturated carbocycles. The molecule has 8 heteroatoms. The van der Waals surface area contributed by atoms with E-state index in [0.717, 1.165) is 4.40 Å². The molecule has 2 aromatic heterocycles. The van der Waals surface area contributed by atoms with Crippen molar-refractivity contribution in [2.24, 2.45) is 0 Å². The maximum Gasteiger partial charge on any atom is 0.278 e. The Morgan fingerprint density at radius 1 is 1.53 bits per heavy atom. The van der Waals surface area contributed by atoms with Crippen LogP contribution in [-0.4, -0.2) is 17.8 Å². The second-order valence-electron chi connectivity index (χ2n) is 2.82. The lowest BCUT2D eigenvalue weighted by atomic mass is 10.4. The maximum absolute atomic E-state index is 11.7. The molecule has 80 valence electrons. The van der Waals surface area contributed by atoms with Crippen molar-refractivity contribution in [1.82, 2.24) is 9.38 Å². The van der Waals surface area contributed by atoms with E-state index in [2.05, 4.69) is 4.98 Å². The van der Waals surface area contributed by atoms with E-state index in [-0.39, 0.29) is 5.69 Å². The van der Waals surface area contributed by atoms with Crippen LogP contribution in [0.2, 0.25) is 0 Å². The highest BCUT2D eigenvalue weighted by Gasteiger charge is 2.21. The zero-order chi connectivity index (χ0) is 11.2. The number of nitrogens with zero attached hydrogens (tertiary/aromatic N) is 2. The van der Waals surface area contributed by atoms with Gasteiger partial charge in [0.2, 0.25) is 0 Å². The van der Waals surface area contributed by atoms with Gasteiger partial charge in [0.05, 0.1) is 5.69 Å². The molecule has 0 saturated heterocycles. The van der Waals surface area contributed by atoms with Crippen molar-refractivity contribution in [1.29, 1.82) is 0 Å². The van der Waals surface area contributed by atoms with Gasteiger partial charge in [0, 0.05) is 22.3 Å². The third-order valence-electron chi connectivity index (χ3n) is 1.84. The van der Waals surface area contributed by atoms with Gasteiger partial charge in [-0.05, 0) is 6.92 Å². The van der Waals surface area contributed by atoms with Gasteiger partial charge in [0.1, 0.15) is 0 Å². The molecule has 0 spiro atoms. The van der Waals surface area contributed by atoms with Gasteiger partial charge in [-0.3, -0.25) is 9.20 Å². The molecule has 5 nitrogen and oxygen atoms in total. The highest BCUT2D eigenvalue weighted by molar-refractivity contribution is 8.13. The van der Waals surface area contributed by atoms with Crippen LogP contribution in [0, 0.1) is 6.92 Å². The third kappa shape index (κ3) is 1.66. The van der Waals surface area contributed by atoms with Crippen molar-refractivity contribution >= 4 is 36.0 Å². The molecule has 2 rings (SSSR count). The van der Waals surface area contributed by atoms with Gasteiger partial charge < -0.3 is 0 Å². The van der Waals surface area contributed by atoms with E-state index in [1.807, 2.05) is 0 Å². The zero-order valence-electron chi connectivity index (χ0n) is 7.47. The lowest BCUT2D eigenvalue weighted by Crippen LogP contribution is -2.21. The summed E-state index contributed by atoms with van der Waals surface area (Å²) < 4.78 is 23.5. The third-order valence-corrected chi connectivity index (χ3v) is 4.02. The van der Waals surface area contributed by atoms with Crippen LogP contribution < -0.4 is 5.56 Å². The van der Waals surface area contributed by atoms with E-state index in [4.69, 9.17) is 10.7 Å². The minimum atomic E-state index is -4.05. The Morgan fingerprint density at radius 2 is 2.20 bits per heavy atom. The molecule has 0 aliphatic heterocycles. The van der Waals surface area contributed by atoms with Gasteiger partial charge >= 0.3 is 0 Å². The minimum absolute atomic E-state index is 0.123. The summed E-state index contributed by atoms with van der Waals surface area (Å²) in [5.41, 5.74) is -0.536. The minimum Gasteiger partial charge on any atom is -0.267 e. The summed E-state index contributed by atoms with van der Waals surface area (Å²) in [6, 6.07) is 0. The normalized spacial score (nSPS) is 12.1. The molecule has 0 aliphatic rings. The van der Waals surface area contributed by atoms with Crippen molar-refractivity contribution in [3.63, 3.8) is 0 Å². The van der Waals surface area contributed by atoms with Crippen LogP contribution in [0.1, 0.15) is 5.69 Å². The monoisotopic (exact) mass is 264 g/mol. The fourth-order valence-electron chi connectivity index (χ4n) is 1.25. The number of rotatable bonds is 1. The van der Waals surface area contributed by atoms with Crippen LogP contribution in [0.3, 0.4) is 0 Å². The van der Waals surface area contributed by atoms with Crippen LogP contribution in [0.25, 0.3) is 4.96 Å². The molecule has 0 radical (unpaired) electrons. The van der Waals surface area contributed by atoms with E-state index in [0.29, 0.717) is 4.96 Å². The fraction of sp³-hybridized carbons (Fsp3) is 0.143. The Morgan fingerprint density at radius 3 is 2.80 bits per heavy atom. The van der Waals surface area contributed by atoms with Crippen molar-refractivity contribution in [3.8, 4) is 0 Å². The van der Waals surface area contributed by atoms with Gasteiger partial charge in [0.15, 0.2) is 9.86 Å². The van der Waals surface area contributed by atoms with Gasteiger partial charge in [-0.15, -0.1) is 11.3 Å². The van der Waals surface area contributed by atoms with E-state index >= 15 is 0 Å². The topological polar surface area (TPSA) is 68.5 Å². The summed E-state index contributed by atoms with van der Waals surface area (Å²) in [5, 5.41) is 1.65. The van der Waals surface area contributed by atoms with E-state index in [1.165, 1.54) is 24.5 Å². The standard InChI is InChI=1S/C7H5ClN2O3S2/c1-4-5(15(8,12)13)6(11)10-2-3-14-7(10)9-4/h2-3H,1H3. The Balaban J connectivity index is 3.04. The van der Waals surface area contributed by atoms with Crippen LogP contribution in [0.4, 0.5) is 0 Å². The molecular weight excluding hydrogens is 260 g/mol. The zero-order valence-corrected chi connectivity index (χ0v) is 9.86. The number of aryl methyl sites for hydroxylation is 1. The van der Waals surface area contributed by atoms with Gasteiger partial charge in [-0.1, -0.05) is 0 Å². The van der Waals surface area contributed by atoms with E-state index in [1.54, 1.807) is 5.38 Å². The number of hydrogen-bond donors (Lipinski definition) is 0. The van der Waals surface area contributed by atoms with Gasteiger partial charge in [0.25, 0.3) is 14.6 Å². The van der Waals surface area contributed by atoms with Crippen molar-refractivity contribution in [3.05, 3.63) is 27.6 Å². The SMILES string of the molecule is Cc1nc2sccn2c(=O)c1S(=O)(=O)Cl. The predicted octanol–water partition coefficient (Wildman–Crippen LogP) is 0.992. The second-order valence-corrected chi connectivity index (χ2v) is 6.20. The van der Waals surface area contributed by atoms with Crippen LogP contribution >= 0.6 is 22.0 Å². The summed E-state index contributed by atoms with van der Waals surface area (Å²) in [6.45, 7) is 1.44. The molecule has 2 heterocycles. The smallest absolute Gasteiger partial charge is 0.267 e. The van der Waals surface area contributed by atoms with Crippen LogP contribution in [0.5, 0.6) is 0 Å². The second kappa shape index (κ2) is 3.29. The molecule has 0 fully saturated rings. The largest absolute Gasteiger partial charge is 0.278 e. The first-order chi connectivity index (χ1) is 6.91. The Hall–Kier alpha value is -0.920. The summed E-state index contributed by atoms with van der Waals surface area (Å²) in [4.78, 5) is 15.7. The Bertz CT molecular complexity index is 686. The molecule has 0 N–H and O–H groups in total. The number of thiazole rings is 1. The first-order valence-electron chi connectivity index (χ1n) is 3.82. The first kappa shape index (κ1) is 10.6. The number of fused-ring (bicyclic) bond motifs is 1. The fourth-order valence-corrected chi connectivity index (χ4v) is 3.24. The molecular formula is C7H5ClN2O3S2. The number of hydrogen-bond acceptors (Lipinski definition) is 5. The maximum atomic E-state index is 11.7. The summed E-state index contributed by atoms with van der Waals surface area (Å²) in [7, 11) is 1.11.